The first-order valence-electron chi connectivity index (χ1n) is 9.40. The monoisotopic (exact) mass is 476 g/mol. The number of piperidine rings is 1. The standard InChI is InChI=1S/C19H29FN4O.HI/c20-17-12-14(6-7-18(17)24-10-8-16(25)9-11-24)13-22-19(21)23-15-4-2-1-3-5-15;/h6-7,12,15-16,25H,1-5,8-11,13H2,(H3,21,22,23);1H. The van der Waals surface area contributed by atoms with Crippen LogP contribution < -0.4 is 16.0 Å². The molecule has 1 aliphatic heterocycles. The number of halogens is 2. The molecule has 5 nitrogen and oxygen atoms in total. The predicted octanol–water partition coefficient (Wildman–Crippen LogP) is 3.14. The highest BCUT2D eigenvalue weighted by molar-refractivity contribution is 14.0. The normalized spacial score (nSPS) is 19.9. The molecule has 1 aromatic rings. The van der Waals surface area contributed by atoms with Gasteiger partial charge in [0.05, 0.1) is 18.3 Å². The lowest BCUT2D eigenvalue weighted by atomic mass is 9.96. The minimum Gasteiger partial charge on any atom is -0.393 e. The minimum absolute atomic E-state index is 0. The number of benzene rings is 1. The molecule has 0 bridgehead atoms. The smallest absolute Gasteiger partial charge is 0.189 e. The van der Waals surface area contributed by atoms with Crippen LogP contribution in [0.4, 0.5) is 10.1 Å². The molecule has 1 aromatic carbocycles. The van der Waals surface area contributed by atoms with E-state index in [1.807, 2.05) is 17.0 Å². The average Bonchev–Trinajstić information content (AvgIpc) is 2.62. The number of hydrogen-bond donors (Lipinski definition) is 3. The van der Waals surface area contributed by atoms with Crippen molar-refractivity contribution in [3.05, 3.63) is 29.6 Å². The van der Waals surface area contributed by atoms with Gasteiger partial charge in [0.2, 0.25) is 0 Å². The highest BCUT2D eigenvalue weighted by Crippen LogP contribution is 2.24. The molecule has 0 unspecified atom stereocenters. The van der Waals surface area contributed by atoms with E-state index in [0.717, 1.165) is 18.4 Å². The van der Waals surface area contributed by atoms with Crippen LogP contribution in [0.2, 0.25) is 0 Å². The molecule has 3 rings (SSSR count). The van der Waals surface area contributed by atoms with Crippen molar-refractivity contribution in [1.29, 1.82) is 0 Å². The molecule has 0 radical (unpaired) electrons. The summed E-state index contributed by atoms with van der Waals surface area (Å²) in [4.78, 5) is 6.35. The van der Waals surface area contributed by atoms with Crippen molar-refractivity contribution in [2.45, 2.75) is 63.6 Å². The lowest BCUT2D eigenvalue weighted by Crippen LogP contribution is -2.41. The van der Waals surface area contributed by atoms with Crippen LogP contribution in [-0.4, -0.2) is 36.3 Å². The Morgan fingerprint density at radius 1 is 1.19 bits per heavy atom. The molecule has 0 atom stereocenters. The summed E-state index contributed by atoms with van der Waals surface area (Å²) in [5.74, 6) is 0.212. The van der Waals surface area contributed by atoms with Gasteiger partial charge in [0.1, 0.15) is 5.82 Å². The minimum atomic E-state index is -0.257. The fourth-order valence-electron chi connectivity index (χ4n) is 3.69. The first-order valence-corrected chi connectivity index (χ1v) is 9.40. The fourth-order valence-corrected chi connectivity index (χ4v) is 3.69. The summed E-state index contributed by atoms with van der Waals surface area (Å²) >= 11 is 0. The third kappa shape index (κ3) is 5.97. The lowest BCUT2D eigenvalue weighted by molar-refractivity contribution is 0.145. The van der Waals surface area contributed by atoms with Gasteiger partial charge in [0.25, 0.3) is 0 Å². The van der Waals surface area contributed by atoms with Gasteiger partial charge in [-0.1, -0.05) is 25.3 Å². The van der Waals surface area contributed by atoms with Crippen LogP contribution in [0, 0.1) is 5.82 Å². The molecule has 1 saturated carbocycles. The number of nitrogens with two attached hydrogens (primary N) is 1. The van der Waals surface area contributed by atoms with Gasteiger partial charge in [-0.15, -0.1) is 24.0 Å². The van der Waals surface area contributed by atoms with E-state index in [4.69, 9.17) is 5.73 Å². The second kappa shape index (κ2) is 10.3. The Morgan fingerprint density at radius 3 is 2.54 bits per heavy atom. The van der Waals surface area contributed by atoms with Crippen molar-refractivity contribution in [2.75, 3.05) is 18.0 Å². The summed E-state index contributed by atoms with van der Waals surface area (Å²) in [5.41, 5.74) is 7.38. The van der Waals surface area contributed by atoms with Gasteiger partial charge < -0.3 is 21.1 Å². The van der Waals surface area contributed by atoms with Crippen molar-refractivity contribution in [3.8, 4) is 0 Å². The summed E-state index contributed by atoms with van der Waals surface area (Å²) in [5, 5.41) is 12.8. The van der Waals surface area contributed by atoms with E-state index in [0.29, 0.717) is 50.2 Å². The third-order valence-electron chi connectivity index (χ3n) is 5.21. The number of aliphatic hydroxyl groups excluding tert-OH is 1. The summed E-state index contributed by atoms with van der Waals surface area (Å²) in [6.45, 7) is 1.75. The van der Waals surface area contributed by atoms with Crippen LogP contribution in [0.1, 0.15) is 50.5 Å². The molecule has 0 spiro atoms. The van der Waals surface area contributed by atoms with E-state index in [-0.39, 0.29) is 35.9 Å². The van der Waals surface area contributed by atoms with Crippen molar-refractivity contribution in [3.63, 3.8) is 0 Å². The Labute approximate surface area is 172 Å². The molecular weight excluding hydrogens is 446 g/mol. The highest BCUT2D eigenvalue weighted by atomic mass is 127. The number of aliphatic hydroxyl groups is 1. The highest BCUT2D eigenvalue weighted by Gasteiger charge is 2.19. The molecule has 26 heavy (non-hydrogen) atoms. The Morgan fingerprint density at radius 2 is 1.88 bits per heavy atom. The summed E-state index contributed by atoms with van der Waals surface area (Å²) in [6, 6.07) is 5.67. The first kappa shape index (κ1) is 21.2. The molecule has 1 heterocycles. The lowest BCUT2D eigenvalue weighted by Gasteiger charge is -2.31. The largest absolute Gasteiger partial charge is 0.393 e. The zero-order chi connectivity index (χ0) is 17.6. The zero-order valence-corrected chi connectivity index (χ0v) is 17.5. The summed E-state index contributed by atoms with van der Waals surface area (Å²) in [6.07, 6.45) is 7.19. The van der Waals surface area contributed by atoms with Gasteiger partial charge in [-0.05, 0) is 43.4 Å². The maximum absolute atomic E-state index is 14.4. The van der Waals surface area contributed by atoms with Crippen molar-refractivity contribution < 1.29 is 9.50 Å². The Balaban J connectivity index is 0.00000243. The van der Waals surface area contributed by atoms with E-state index in [2.05, 4.69) is 10.3 Å². The second-order valence-electron chi connectivity index (χ2n) is 7.18. The molecule has 4 N–H and O–H groups in total. The second-order valence-corrected chi connectivity index (χ2v) is 7.18. The van der Waals surface area contributed by atoms with Gasteiger partial charge in [0.15, 0.2) is 5.96 Å². The van der Waals surface area contributed by atoms with Gasteiger partial charge in [-0.3, -0.25) is 0 Å². The van der Waals surface area contributed by atoms with Crippen LogP contribution in [0.5, 0.6) is 0 Å². The summed E-state index contributed by atoms with van der Waals surface area (Å²) < 4.78 is 14.4. The molecule has 1 aliphatic carbocycles. The number of nitrogens with zero attached hydrogens (tertiary/aromatic N) is 2. The number of anilines is 1. The molecule has 2 aliphatic rings. The SMILES string of the molecule is I.NC(=NCc1ccc(N2CCC(O)CC2)c(F)c1)NC1CCCCC1. The maximum Gasteiger partial charge on any atom is 0.189 e. The van der Waals surface area contributed by atoms with Crippen molar-refractivity contribution in [1.82, 2.24) is 5.32 Å². The number of nitrogens with one attached hydrogen (secondary N) is 1. The van der Waals surface area contributed by atoms with E-state index in [1.54, 1.807) is 0 Å². The number of hydrogen-bond acceptors (Lipinski definition) is 3. The molecule has 7 heteroatoms. The third-order valence-corrected chi connectivity index (χ3v) is 5.21. The van der Waals surface area contributed by atoms with Crippen LogP contribution in [0.25, 0.3) is 0 Å². The Kier molecular flexibility index (Phi) is 8.40. The quantitative estimate of drug-likeness (QED) is 0.355. The summed E-state index contributed by atoms with van der Waals surface area (Å²) in [7, 11) is 0. The fraction of sp³-hybridized carbons (Fsp3) is 0.632. The molecule has 146 valence electrons. The number of rotatable bonds is 4. The maximum atomic E-state index is 14.4. The Bertz CT molecular complexity index is 599. The van der Waals surface area contributed by atoms with Gasteiger partial charge in [0, 0.05) is 19.1 Å². The predicted molar refractivity (Wildman–Crippen MR) is 115 cm³/mol. The van der Waals surface area contributed by atoms with Gasteiger partial charge in [-0.25, -0.2) is 9.38 Å². The topological polar surface area (TPSA) is 73.9 Å². The van der Waals surface area contributed by atoms with E-state index >= 15 is 0 Å². The van der Waals surface area contributed by atoms with Gasteiger partial charge in [-0.2, -0.15) is 0 Å². The van der Waals surface area contributed by atoms with E-state index in [1.165, 1.54) is 25.3 Å². The average molecular weight is 476 g/mol. The molecule has 0 amide bonds. The number of guanidine groups is 1. The van der Waals surface area contributed by atoms with Crippen LogP contribution in [-0.2, 0) is 6.54 Å². The molecule has 1 saturated heterocycles. The van der Waals surface area contributed by atoms with E-state index in [9.17, 15) is 9.50 Å². The van der Waals surface area contributed by atoms with Crippen molar-refractivity contribution >= 4 is 35.6 Å². The van der Waals surface area contributed by atoms with Gasteiger partial charge >= 0.3 is 0 Å². The molecule has 2 fully saturated rings. The zero-order valence-electron chi connectivity index (χ0n) is 15.2. The number of aliphatic imine (C=N–C) groups is 1. The first-order chi connectivity index (χ1) is 12.1. The van der Waals surface area contributed by atoms with Crippen molar-refractivity contribution in [2.24, 2.45) is 10.7 Å². The van der Waals surface area contributed by atoms with E-state index < -0.39 is 0 Å². The van der Waals surface area contributed by atoms with Crippen LogP contribution in [0.15, 0.2) is 23.2 Å². The molecular formula is C19H30FIN4O. The Hall–Kier alpha value is -1.09. The molecule has 0 aromatic heterocycles. The van der Waals surface area contributed by atoms with Crippen LogP contribution in [0.3, 0.4) is 0 Å². The van der Waals surface area contributed by atoms with Crippen LogP contribution >= 0.6 is 24.0 Å².